The quantitative estimate of drug-likeness (QED) is 0.354. The van der Waals surface area contributed by atoms with Crippen LogP contribution in [0.5, 0.6) is 0 Å². The molecule has 0 aliphatic carbocycles. The molecule has 0 saturated carbocycles. The molecule has 0 aliphatic rings. The monoisotopic (exact) mass is 246 g/mol. The van der Waals surface area contributed by atoms with Crippen LogP contribution in [0.3, 0.4) is 0 Å². The second-order valence-corrected chi connectivity index (χ2v) is 3.38. The van der Waals surface area contributed by atoms with Gasteiger partial charge in [0.25, 0.3) is 5.91 Å². The summed E-state index contributed by atoms with van der Waals surface area (Å²) in [6.07, 6.45) is 8.48. The Hall–Kier alpha value is -2.63. The van der Waals surface area contributed by atoms with E-state index in [1.54, 1.807) is 6.07 Å². The molecule has 0 saturated heterocycles. The van der Waals surface area contributed by atoms with Crippen LogP contribution in [-0.4, -0.2) is 28.5 Å². The largest absolute Gasteiger partial charge is 0.472 e. The zero-order valence-corrected chi connectivity index (χ0v) is 9.57. The SMILES string of the molecule is COC(=O)/C(=C\c1ccoc1)C(=O)n1ccnc1. The fourth-order valence-corrected chi connectivity index (χ4v) is 1.36. The molecule has 0 bridgehead atoms. The van der Waals surface area contributed by atoms with E-state index in [0.29, 0.717) is 5.56 Å². The van der Waals surface area contributed by atoms with Gasteiger partial charge < -0.3 is 9.15 Å². The molecule has 0 aliphatic heterocycles. The Bertz CT molecular complexity index is 567. The zero-order chi connectivity index (χ0) is 13.0. The lowest BCUT2D eigenvalue weighted by Gasteiger charge is -2.04. The second-order valence-electron chi connectivity index (χ2n) is 3.38. The van der Waals surface area contributed by atoms with Gasteiger partial charge in [-0.2, -0.15) is 0 Å². The van der Waals surface area contributed by atoms with Gasteiger partial charge in [0.15, 0.2) is 0 Å². The van der Waals surface area contributed by atoms with Crippen LogP contribution in [0.2, 0.25) is 0 Å². The molecule has 0 radical (unpaired) electrons. The van der Waals surface area contributed by atoms with E-state index in [1.807, 2.05) is 0 Å². The summed E-state index contributed by atoms with van der Waals surface area (Å²) in [5.41, 5.74) is 0.501. The van der Waals surface area contributed by atoms with Gasteiger partial charge in [-0.1, -0.05) is 0 Å². The summed E-state index contributed by atoms with van der Waals surface area (Å²) in [7, 11) is 1.22. The lowest BCUT2D eigenvalue weighted by Crippen LogP contribution is -2.19. The summed E-state index contributed by atoms with van der Waals surface area (Å²) in [4.78, 5) is 27.4. The maximum Gasteiger partial charge on any atom is 0.343 e. The van der Waals surface area contributed by atoms with E-state index < -0.39 is 11.9 Å². The maximum atomic E-state index is 12.1. The highest BCUT2D eigenvalue weighted by atomic mass is 16.5. The number of aromatic nitrogens is 2. The van der Waals surface area contributed by atoms with E-state index in [2.05, 4.69) is 9.72 Å². The molecule has 0 N–H and O–H groups in total. The molecular weight excluding hydrogens is 236 g/mol. The Morgan fingerprint density at radius 2 is 2.33 bits per heavy atom. The van der Waals surface area contributed by atoms with Gasteiger partial charge in [0.05, 0.1) is 19.6 Å². The van der Waals surface area contributed by atoms with Gasteiger partial charge in [-0.05, 0) is 12.1 Å². The topological polar surface area (TPSA) is 74.3 Å². The molecule has 2 heterocycles. The number of imidazole rings is 1. The predicted octanol–water partition coefficient (Wildman–Crippen LogP) is 1.37. The fourth-order valence-electron chi connectivity index (χ4n) is 1.36. The average molecular weight is 246 g/mol. The van der Waals surface area contributed by atoms with E-state index in [4.69, 9.17) is 4.42 Å². The molecule has 0 spiro atoms. The summed E-state index contributed by atoms with van der Waals surface area (Å²) < 4.78 is 10.7. The van der Waals surface area contributed by atoms with Crippen molar-refractivity contribution in [3.05, 3.63) is 48.5 Å². The summed E-state index contributed by atoms with van der Waals surface area (Å²) in [5, 5.41) is 0. The number of methoxy groups -OCH3 is 1. The second kappa shape index (κ2) is 5.13. The highest BCUT2D eigenvalue weighted by Crippen LogP contribution is 2.11. The molecule has 0 atom stereocenters. The Balaban J connectivity index is 2.38. The third kappa shape index (κ3) is 2.37. The standard InChI is InChI=1S/C12H10N2O4/c1-17-12(16)10(6-9-2-5-18-7-9)11(15)14-4-3-13-8-14/h2-8H,1H3/b10-6-. The molecule has 92 valence electrons. The van der Waals surface area contributed by atoms with Crippen molar-refractivity contribution in [3.63, 3.8) is 0 Å². The molecule has 0 amide bonds. The molecule has 2 aromatic rings. The fraction of sp³-hybridized carbons (Fsp3) is 0.0833. The lowest BCUT2D eigenvalue weighted by molar-refractivity contribution is -0.135. The number of esters is 1. The number of hydrogen-bond acceptors (Lipinski definition) is 5. The molecule has 0 fully saturated rings. The number of nitrogens with zero attached hydrogens (tertiary/aromatic N) is 2. The first-order chi connectivity index (χ1) is 8.72. The first kappa shape index (κ1) is 11.8. The maximum absolute atomic E-state index is 12.1. The number of hydrogen-bond donors (Lipinski definition) is 0. The lowest BCUT2D eigenvalue weighted by atomic mass is 10.1. The number of furan rings is 1. The van der Waals surface area contributed by atoms with Crippen LogP contribution in [-0.2, 0) is 9.53 Å². The van der Waals surface area contributed by atoms with Gasteiger partial charge in [0.1, 0.15) is 11.9 Å². The van der Waals surface area contributed by atoms with E-state index in [0.717, 1.165) is 0 Å². The molecule has 6 nitrogen and oxygen atoms in total. The van der Waals surface area contributed by atoms with Crippen LogP contribution < -0.4 is 0 Å². The molecule has 2 aromatic heterocycles. The summed E-state index contributed by atoms with van der Waals surface area (Å²) in [5.74, 6) is -1.23. The normalized spacial score (nSPS) is 11.3. The Kier molecular flexibility index (Phi) is 3.38. The highest BCUT2D eigenvalue weighted by molar-refractivity contribution is 6.20. The van der Waals surface area contributed by atoms with Crippen molar-refractivity contribution in [3.8, 4) is 0 Å². The van der Waals surface area contributed by atoms with Crippen LogP contribution in [0, 0.1) is 0 Å². The Labute approximate surface area is 102 Å². The summed E-state index contributed by atoms with van der Waals surface area (Å²) in [6, 6.07) is 1.63. The van der Waals surface area contributed by atoms with Crippen LogP contribution >= 0.6 is 0 Å². The van der Waals surface area contributed by atoms with Crippen LogP contribution in [0.25, 0.3) is 6.08 Å². The molecular formula is C12H10N2O4. The van der Waals surface area contributed by atoms with Gasteiger partial charge in [0, 0.05) is 18.0 Å². The van der Waals surface area contributed by atoms with E-state index >= 15 is 0 Å². The molecule has 0 unspecified atom stereocenters. The van der Waals surface area contributed by atoms with Crippen molar-refractivity contribution < 1.29 is 18.7 Å². The third-order valence-electron chi connectivity index (χ3n) is 2.23. The first-order valence-electron chi connectivity index (χ1n) is 5.07. The molecule has 2 rings (SSSR count). The van der Waals surface area contributed by atoms with Crippen LogP contribution in [0.1, 0.15) is 10.4 Å². The summed E-state index contributed by atoms with van der Waals surface area (Å²) >= 11 is 0. The molecule has 6 heteroatoms. The number of carbonyl (C=O) groups is 2. The van der Waals surface area contributed by atoms with Crippen molar-refractivity contribution in [2.24, 2.45) is 0 Å². The average Bonchev–Trinajstić information content (AvgIpc) is 3.06. The van der Waals surface area contributed by atoms with Crippen molar-refractivity contribution in [2.45, 2.75) is 0 Å². The smallest absolute Gasteiger partial charge is 0.343 e. The van der Waals surface area contributed by atoms with Crippen molar-refractivity contribution >= 4 is 18.0 Å². The minimum absolute atomic E-state index is 0.100. The van der Waals surface area contributed by atoms with E-state index in [-0.39, 0.29) is 5.57 Å². The van der Waals surface area contributed by atoms with E-state index in [9.17, 15) is 9.59 Å². The van der Waals surface area contributed by atoms with Gasteiger partial charge in [0.2, 0.25) is 0 Å². The Morgan fingerprint density at radius 1 is 1.50 bits per heavy atom. The van der Waals surface area contributed by atoms with Crippen molar-refractivity contribution in [2.75, 3.05) is 7.11 Å². The van der Waals surface area contributed by atoms with E-state index in [1.165, 1.54) is 49.0 Å². The highest BCUT2D eigenvalue weighted by Gasteiger charge is 2.20. The Morgan fingerprint density at radius 3 is 2.89 bits per heavy atom. The van der Waals surface area contributed by atoms with Crippen LogP contribution in [0.4, 0.5) is 0 Å². The molecule has 0 aromatic carbocycles. The number of carbonyl (C=O) groups excluding carboxylic acids is 2. The summed E-state index contributed by atoms with van der Waals surface area (Å²) in [6.45, 7) is 0. The first-order valence-corrected chi connectivity index (χ1v) is 5.07. The van der Waals surface area contributed by atoms with Gasteiger partial charge in [-0.15, -0.1) is 0 Å². The zero-order valence-electron chi connectivity index (χ0n) is 9.57. The number of ether oxygens (including phenoxy) is 1. The van der Waals surface area contributed by atoms with Crippen molar-refractivity contribution in [1.29, 1.82) is 0 Å². The van der Waals surface area contributed by atoms with Gasteiger partial charge >= 0.3 is 5.97 Å². The van der Waals surface area contributed by atoms with Gasteiger partial charge in [-0.3, -0.25) is 9.36 Å². The third-order valence-corrected chi connectivity index (χ3v) is 2.23. The molecule has 18 heavy (non-hydrogen) atoms. The number of rotatable bonds is 3. The van der Waals surface area contributed by atoms with Crippen molar-refractivity contribution in [1.82, 2.24) is 9.55 Å². The minimum atomic E-state index is -0.713. The predicted molar refractivity (Wildman–Crippen MR) is 61.6 cm³/mol. The van der Waals surface area contributed by atoms with Gasteiger partial charge in [-0.25, -0.2) is 9.78 Å². The minimum Gasteiger partial charge on any atom is -0.472 e. The van der Waals surface area contributed by atoms with Crippen LogP contribution in [0.15, 0.2) is 47.3 Å².